The van der Waals surface area contributed by atoms with Crippen LogP contribution in [-0.4, -0.2) is 37.7 Å². The molecule has 0 rings (SSSR count). The van der Waals surface area contributed by atoms with Crippen molar-refractivity contribution in [3.63, 3.8) is 0 Å². The van der Waals surface area contributed by atoms with Crippen LogP contribution in [0.1, 0.15) is 20.3 Å². The molecule has 0 atom stereocenters. The topological polar surface area (TPSA) is 78.9 Å². The summed E-state index contributed by atoms with van der Waals surface area (Å²) < 4.78 is 14.7. The molecule has 112 valence electrons. The van der Waals surface area contributed by atoms with E-state index in [4.69, 9.17) is 14.2 Å². The van der Waals surface area contributed by atoms with E-state index in [2.05, 4.69) is 13.2 Å². The second-order valence-corrected chi connectivity index (χ2v) is 4.42. The number of hydrogen-bond acceptors (Lipinski definition) is 6. The third kappa shape index (κ3) is 7.35. The molecule has 0 aliphatic rings. The number of carbonyl (C=O) groups excluding carboxylic acids is 3. The standard InChI is InChI=1S/C14H20O6/c1-5-11(15)19-9-14(4,8-13(17)18-7-3)10-20-12(16)6-2/h5-6H,1-2,7-10H2,3-4H3. The van der Waals surface area contributed by atoms with E-state index in [9.17, 15) is 14.4 Å². The van der Waals surface area contributed by atoms with Crippen LogP contribution in [0.5, 0.6) is 0 Å². The summed E-state index contributed by atoms with van der Waals surface area (Å²) in [4.78, 5) is 33.7. The Balaban J connectivity index is 4.67. The predicted octanol–water partition coefficient (Wildman–Crippen LogP) is 1.40. The van der Waals surface area contributed by atoms with Crippen LogP contribution in [0.4, 0.5) is 0 Å². The van der Waals surface area contributed by atoms with Crippen molar-refractivity contribution in [3.8, 4) is 0 Å². The van der Waals surface area contributed by atoms with Crippen molar-refractivity contribution in [1.82, 2.24) is 0 Å². The molecule has 0 saturated carbocycles. The highest BCUT2D eigenvalue weighted by atomic mass is 16.6. The van der Waals surface area contributed by atoms with E-state index in [0.29, 0.717) is 0 Å². The lowest BCUT2D eigenvalue weighted by molar-refractivity contribution is -0.156. The Morgan fingerprint density at radius 3 is 1.80 bits per heavy atom. The number of hydrogen-bond donors (Lipinski definition) is 0. The van der Waals surface area contributed by atoms with Gasteiger partial charge in [-0.2, -0.15) is 0 Å². The van der Waals surface area contributed by atoms with Crippen LogP contribution in [0.2, 0.25) is 0 Å². The molecule has 0 aromatic heterocycles. The number of carbonyl (C=O) groups is 3. The monoisotopic (exact) mass is 284 g/mol. The predicted molar refractivity (Wildman–Crippen MR) is 71.7 cm³/mol. The highest BCUT2D eigenvalue weighted by Crippen LogP contribution is 2.23. The fourth-order valence-electron chi connectivity index (χ4n) is 1.31. The maximum Gasteiger partial charge on any atom is 0.330 e. The first kappa shape index (κ1) is 17.9. The van der Waals surface area contributed by atoms with Gasteiger partial charge >= 0.3 is 17.9 Å². The Kier molecular flexibility index (Phi) is 7.96. The molecular weight excluding hydrogens is 264 g/mol. The molecule has 0 fully saturated rings. The van der Waals surface area contributed by atoms with Crippen LogP contribution in [0.3, 0.4) is 0 Å². The van der Waals surface area contributed by atoms with Gasteiger partial charge in [0.2, 0.25) is 0 Å². The SMILES string of the molecule is C=CC(=O)OCC(C)(COC(=O)C=C)CC(=O)OCC. The molecular formula is C14H20O6. The first-order chi connectivity index (χ1) is 9.36. The van der Waals surface area contributed by atoms with E-state index in [1.54, 1.807) is 13.8 Å². The average Bonchev–Trinajstić information content (AvgIpc) is 2.42. The van der Waals surface area contributed by atoms with Gasteiger partial charge in [-0.05, 0) is 6.92 Å². The summed E-state index contributed by atoms with van der Waals surface area (Å²) in [6, 6.07) is 0. The van der Waals surface area contributed by atoms with E-state index < -0.39 is 23.3 Å². The summed E-state index contributed by atoms with van der Waals surface area (Å²) in [5, 5.41) is 0. The zero-order valence-corrected chi connectivity index (χ0v) is 11.8. The minimum atomic E-state index is -0.871. The molecule has 0 unspecified atom stereocenters. The third-order valence-electron chi connectivity index (χ3n) is 2.34. The van der Waals surface area contributed by atoms with Gasteiger partial charge in [0.05, 0.1) is 13.0 Å². The lowest BCUT2D eigenvalue weighted by Gasteiger charge is -2.27. The van der Waals surface area contributed by atoms with Gasteiger partial charge in [-0.25, -0.2) is 9.59 Å². The molecule has 0 radical (unpaired) electrons. The Morgan fingerprint density at radius 1 is 1.00 bits per heavy atom. The molecule has 0 aliphatic carbocycles. The van der Waals surface area contributed by atoms with Gasteiger partial charge in [-0.3, -0.25) is 4.79 Å². The van der Waals surface area contributed by atoms with Crippen molar-refractivity contribution in [2.24, 2.45) is 5.41 Å². The zero-order valence-electron chi connectivity index (χ0n) is 11.8. The Morgan fingerprint density at radius 2 is 1.45 bits per heavy atom. The van der Waals surface area contributed by atoms with Crippen molar-refractivity contribution in [2.45, 2.75) is 20.3 Å². The van der Waals surface area contributed by atoms with E-state index in [1.807, 2.05) is 0 Å². The maximum atomic E-state index is 11.5. The maximum absolute atomic E-state index is 11.5. The molecule has 0 saturated heterocycles. The van der Waals surface area contributed by atoms with Crippen molar-refractivity contribution in [3.05, 3.63) is 25.3 Å². The second-order valence-electron chi connectivity index (χ2n) is 4.42. The summed E-state index contributed by atoms with van der Waals surface area (Å²) >= 11 is 0. The quantitative estimate of drug-likeness (QED) is 0.362. The van der Waals surface area contributed by atoms with Gasteiger partial charge in [0.15, 0.2) is 0 Å². The lowest BCUT2D eigenvalue weighted by Crippen LogP contribution is -2.34. The van der Waals surface area contributed by atoms with Crippen molar-refractivity contribution < 1.29 is 28.6 Å². The Labute approximate surface area is 118 Å². The highest BCUT2D eigenvalue weighted by molar-refractivity contribution is 5.81. The molecule has 0 amide bonds. The largest absolute Gasteiger partial charge is 0.466 e. The van der Waals surface area contributed by atoms with Crippen LogP contribution in [0.25, 0.3) is 0 Å². The second kappa shape index (κ2) is 8.90. The van der Waals surface area contributed by atoms with Gasteiger partial charge in [-0.15, -0.1) is 0 Å². The van der Waals surface area contributed by atoms with E-state index in [-0.39, 0.29) is 26.2 Å². The average molecular weight is 284 g/mol. The van der Waals surface area contributed by atoms with Gasteiger partial charge in [-0.1, -0.05) is 20.1 Å². The van der Waals surface area contributed by atoms with Crippen LogP contribution in [0.15, 0.2) is 25.3 Å². The van der Waals surface area contributed by atoms with Crippen molar-refractivity contribution in [1.29, 1.82) is 0 Å². The molecule has 0 bridgehead atoms. The molecule has 6 heteroatoms. The summed E-state index contributed by atoms with van der Waals surface area (Å²) in [5.74, 6) is -1.69. The fraction of sp³-hybridized carbons (Fsp3) is 0.500. The van der Waals surface area contributed by atoms with Crippen LogP contribution < -0.4 is 0 Å². The molecule has 0 aromatic carbocycles. The third-order valence-corrected chi connectivity index (χ3v) is 2.34. The number of ether oxygens (including phenoxy) is 3. The summed E-state index contributed by atoms with van der Waals surface area (Å²) in [6.45, 7) is 9.93. The normalized spacial score (nSPS) is 10.3. The fourth-order valence-corrected chi connectivity index (χ4v) is 1.31. The van der Waals surface area contributed by atoms with Gasteiger partial charge < -0.3 is 14.2 Å². The summed E-state index contributed by atoms with van der Waals surface area (Å²) in [5.41, 5.74) is -0.871. The molecule has 0 aromatic rings. The van der Waals surface area contributed by atoms with Crippen LogP contribution in [0, 0.1) is 5.41 Å². The van der Waals surface area contributed by atoms with Gasteiger partial charge in [0, 0.05) is 17.6 Å². The highest BCUT2D eigenvalue weighted by Gasteiger charge is 2.31. The van der Waals surface area contributed by atoms with Crippen molar-refractivity contribution in [2.75, 3.05) is 19.8 Å². The van der Waals surface area contributed by atoms with E-state index in [0.717, 1.165) is 12.2 Å². The molecule has 20 heavy (non-hydrogen) atoms. The smallest absolute Gasteiger partial charge is 0.330 e. The molecule has 0 spiro atoms. The van der Waals surface area contributed by atoms with E-state index in [1.165, 1.54) is 0 Å². The lowest BCUT2D eigenvalue weighted by atomic mass is 9.89. The number of rotatable bonds is 9. The first-order valence-corrected chi connectivity index (χ1v) is 6.11. The summed E-state index contributed by atoms with van der Waals surface area (Å²) in [7, 11) is 0. The van der Waals surface area contributed by atoms with E-state index >= 15 is 0 Å². The first-order valence-electron chi connectivity index (χ1n) is 6.11. The zero-order chi connectivity index (χ0) is 15.6. The minimum Gasteiger partial charge on any atom is -0.466 e. The van der Waals surface area contributed by atoms with Gasteiger partial charge in [0.25, 0.3) is 0 Å². The van der Waals surface area contributed by atoms with Crippen molar-refractivity contribution >= 4 is 17.9 Å². The minimum absolute atomic E-state index is 0.0459. The molecule has 6 nitrogen and oxygen atoms in total. The molecule has 0 heterocycles. The van der Waals surface area contributed by atoms with Crippen LogP contribution >= 0.6 is 0 Å². The van der Waals surface area contributed by atoms with Gasteiger partial charge in [0.1, 0.15) is 13.2 Å². The molecule has 0 N–H and O–H groups in total. The van der Waals surface area contributed by atoms with Crippen LogP contribution in [-0.2, 0) is 28.6 Å². The number of esters is 3. The molecule has 0 aliphatic heterocycles. The summed E-state index contributed by atoms with van der Waals surface area (Å²) in [6.07, 6.45) is 1.98. The Bertz CT molecular complexity index is 361. The Hall–Kier alpha value is -2.11.